The fourth-order valence-corrected chi connectivity index (χ4v) is 4.34. The van der Waals surface area contributed by atoms with Crippen molar-refractivity contribution in [1.29, 1.82) is 0 Å². The number of fused-ring (bicyclic) bond motifs is 3. The Kier molecular flexibility index (Phi) is 7.83. The predicted octanol–water partition coefficient (Wildman–Crippen LogP) is 4.97. The Morgan fingerprint density at radius 3 is 2.69 bits per heavy atom. The SMILES string of the molecule is COC(=O)OC(C)C(C)C(=O)OCC[C@@H]1N=C(c2ccccn2)c2cc(Br)ccc2-n2c(C)cnc21. The van der Waals surface area contributed by atoms with Crippen molar-refractivity contribution in [2.75, 3.05) is 13.7 Å². The Bertz CT molecular complexity index is 1290. The highest BCUT2D eigenvalue weighted by molar-refractivity contribution is 9.10. The lowest BCUT2D eigenvalue weighted by molar-refractivity contribution is -0.151. The van der Waals surface area contributed by atoms with Gasteiger partial charge in [0.25, 0.3) is 0 Å². The van der Waals surface area contributed by atoms with Gasteiger partial charge in [-0.25, -0.2) is 9.78 Å². The molecule has 9 nitrogen and oxygen atoms in total. The van der Waals surface area contributed by atoms with Crippen LogP contribution in [0.25, 0.3) is 5.69 Å². The molecule has 0 N–H and O–H groups in total. The van der Waals surface area contributed by atoms with Crippen LogP contribution in [0.5, 0.6) is 0 Å². The van der Waals surface area contributed by atoms with Crippen LogP contribution in [0.1, 0.15) is 49.1 Å². The number of carbonyl (C=O) groups is 2. The third kappa shape index (κ3) is 5.33. The maximum absolute atomic E-state index is 12.6. The first-order valence-electron chi connectivity index (χ1n) is 11.5. The first kappa shape index (κ1) is 25.6. The normalized spacial score (nSPS) is 16.0. The predicted molar refractivity (Wildman–Crippen MR) is 136 cm³/mol. The maximum Gasteiger partial charge on any atom is 0.508 e. The number of rotatable bonds is 7. The molecule has 2 unspecified atom stereocenters. The number of hydrogen-bond donors (Lipinski definition) is 0. The van der Waals surface area contributed by atoms with Crippen molar-refractivity contribution in [2.45, 2.75) is 39.3 Å². The van der Waals surface area contributed by atoms with Crippen LogP contribution in [0.4, 0.5) is 4.79 Å². The fourth-order valence-electron chi connectivity index (χ4n) is 3.98. The third-order valence-electron chi connectivity index (χ3n) is 6.07. The van der Waals surface area contributed by atoms with Gasteiger partial charge in [0, 0.05) is 34.5 Å². The van der Waals surface area contributed by atoms with Gasteiger partial charge in [0.2, 0.25) is 0 Å². The van der Waals surface area contributed by atoms with E-state index in [9.17, 15) is 9.59 Å². The van der Waals surface area contributed by atoms with Gasteiger partial charge in [-0.05, 0) is 51.1 Å². The Morgan fingerprint density at radius 2 is 1.97 bits per heavy atom. The first-order chi connectivity index (χ1) is 17.3. The largest absolute Gasteiger partial charge is 0.508 e. The van der Waals surface area contributed by atoms with E-state index in [2.05, 4.69) is 35.2 Å². The second-order valence-corrected chi connectivity index (χ2v) is 9.40. The zero-order valence-electron chi connectivity index (χ0n) is 20.5. The monoisotopic (exact) mass is 554 g/mol. The van der Waals surface area contributed by atoms with Gasteiger partial charge < -0.3 is 14.2 Å². The molecule has 0 saturated heterocycles. The van der Waals surface area contributed by atoms with Gasteiger partial charge in [0.15, 0.2) is 0 Å². The van der Waals surface area contributed by atoms with Crippen LogP contribution in [0, 0.1) is 12.8 Å². The number of benzene rings is 1. The molecule has 0 saturated carbocycles. The van der Waals surface area contributed by atoms with E-state index in [1.807, 2.05) is 49.5 Å². The number of esters is 1. The summed E-state index contributed by atoms with van der Waals surface area (Å²) in [4.78, 5) is 38.2. The van der Waals surface area contributed by atoms with Crippen molar-refractivity contribution in [2.24, 2.45) is 10.9 Å². The van der Waals surface area contributed by atoms with E-state index in [0.717, 1.165) is 38.6 Å². The van der Waals surface area contributed by atoms with E-state index in [-0.39, 0.29) is 12.6 Å². The molecule has 2 aromatic heterocycles. The average Bonchev–Trinajstić information content (AvgIpc) is 3.20. The number of aliphatic imine (C=N–C) groups is 1. The molecule has 1 aromatic carbocycles. The van der Waals surface area contributed by atoms with E-state index in [1.165, 1.54) is 7.11 Å². The van der Waals surface area contributed by atoms with Gasteiger partial charge in [0.1, 0.15) is 18.0 Å². The average molecular weight is 555 g/mol. The lowest BCUT2D eigenvalue weighted by Crippen LogP contribution is -2.30. The van der Waals surface area contributed by atoms with Crippen molar-refractivity contribution < 1.29 is 23.8 Å². The molecular formula is C26H27BrN4O5. The Hall–Kier alpha value is -3.53. The molecule has 3 heterocycles. The van der Waals surface area contributed by atoms with Crippen LogP contribution in [0.2, 0.25) is 0 Å². The second-order valence-electron chi connectivity index (χ2n) is 8.49. The number of aromatic nitrogens is 3. The maximum atomic E-state index is 12.6. The highest BCUT2D eigenvalue weighted by Gasteiger charge is 2.29. The van der Waals surface area contributed by atoms with Crippen molar-refractivity contribution in [3.63, 3.8) is 0 Å². The molecule has 0 bridgehead atoms. The van der Waals surface area contributed by atoms with Crippen LogP contribution >= 0.6 is 15.9 Å². The second kappa shape index (κ2) is 11.0. The summed E-state index contributed by atoms with van der Waals surface area (Å²) in [6.07, 6.45) is 2.43. The number of carbonyl (C=O) groups excluding carboxylic acids is 2. The van der Waals surface area contributed by atoms with Crippen LogP contribution in [0.3, 0.4) is 0 Å². The Morgan fingerprint density at radius 1 is 1.17 bits per heavy atom. The molecule has 3 aromatic rings. The lowest BCUT2D eigenvalue weighted by Gasteiger charge is -2.19. The minimum atomic E-state index is -0.842. The number of hydrogen-bond acceptors (Lipinski definition) is 8. The van der Waals surface area contributed by atoms with Gasteiger partial charge in [-0.1, -0.05) is 22.0 Å². The summed E-state index contributed by atoms with van der Waals surface area (Å²) in [5.74, 6) is -0.370. The van der Waals surface area contributed by atoms with Crippen LogP contribution in [0.15, 0.2) is 58.3 Å². The summed E-state index contributed by atoms with van der Waals surface area (Å²) in [5.41, 5.74) is 4.32. The fraction of sp³-hybridized carbons (Fsp3) is 0.346. The van der Waals surface area contributed by atoms with E-state index in [0.29, 0.717) is 6.42 Å². The van der Waals surface area contributed by atoms with Crippen LogP contribution in [-0.2, 0) is 19.0 Å². The minimum absolute atomic E-state index is 0.115. The number of halogens is 1. The summed E-state index contributed by atoms with van der Waals surface area (Å²) < 4.78 is 18.1. The Balaban J connectivity index is 1.61. The number of methoxy groups -OCH3 is 1. The summed E-state index contributed by atoms with van der Waals surface area (Å²) in [6, 6.07) is 11.4. The minimum Gasteiger partial charge on any atom is -0.465 e. The molecule has 4 rings (SSSR count). The highest BCUT2D eigenvalue weighted by atomic mass is 79.9. The molecule has 0 fully saturated rings. The molecule has 0 aliphatic carbocycles. The molecule has 36 heavy (non-hydrogen) atoms. The van der Waals surface area contributed by atoms with Gasteiger partial charge >= 0.3 is 12.1 Å². The Labute approximate surface area is 217 Å². The van der Waals surface area contributed by atoms with Crippen molar-refractivity contribution >= 4 is 33.8 Å². The molecule has 0 spiro atoms. The van der Waals surface area contributed by atoms with Gasteiger partial charge in [-0.3, -0.25) is 19.3 Å². The number of aryl methyl sites for hydroxylation is 1. The molecule has 0 amide bonds. The van der Waals surface area contributed by atoms with Crippen molar-refractivity contribution in [3.05, 3.63) is 76.0 Å². The van der Waals surface area contributed by atoms with Gasteiger partial charge in [0.05, 0.1) is 36.7 Å². The molecule has 0 radical (unpaired) electrons. The lowest BCUT2D eigenvalue weighted by atomic mass is 10.0. The van der Waals surface area contributed by atoms with E-state index in [4.69, 9.17) is 14.5 Å². The summed E-state index contributed by atoms with van der Waals surface area (Å²) in [6.45, 7) is 5.37. The van der Waals surface area contributed by atoms with Gasteiger partial charge in [-0.15, -0.1) is 0 Å². The summed E-state index contributed by atoms with van der Waals surface area (Å²) in [5, 5.41) is 0. The molecular weight excluding hydrogens is 528 g/mol. The van der Waals surface area contributed by atoms with E-state index >= 15 is 0 Å². The molecule has 188 valence electrons. The standard InChI is InChI=1S/C26H27BrN4O5/c1-15-14-29-24-21(10-12-35-25(32)16(2)17(3)36-26(33)34-4)30-23(20-7-5-6-11-28-20)19-13-18(27)8-9-22(19)31(15)24/h5-9,11,13-14,16-17,21H,10,12H2,1-4H3/t16?,17?,21-/m0/s1. The van der Waals surface area contributed by atoms with E-state index in [1.54, 1.807) is 20.0 Å². The first-order valence-corrected chi connectivity index (χ1v) is 12.3. The molecule has 3 atom stereocenters. The summed E-state index contributed by atoms with van der Waals surface area (Å²) in [7, 11) is 1.22. The van der Waals surface area contributed by atoms with Crippen LogP contribution < -0.4 is 0 Å². The van der Waals surface area contributed by atoms with Crippen molar-refractivity contribution in [3.8, 4) is 5.69 Å². The topological polar surface area (TPSA) is 105 Å². The zero-order valence-corrected chi connectivity index (χ0v) is 22.1. The highest BCUT2D eigenvalue weighted by Crippen LogP contribution is 2.34. The van der Waals surface area contributed by atoms with Gasteiger partial charge in [-0.2, -0.15) is 0 Å². The number of nitrogens with zero attached hydrogens (tertiary/aromatic N) is 4. The zero-order chi connectivity index (χ0) is 25.8. The number of imidazole rings is 1. The van der Waals surface area contributed by atoms with Crippen LogP contribution in [-0.4, -0.2) is 52.2 Å². The quantitative estimate of drug-likeness (QED) is 0.379. The third-order valence-corrected chi connectivity index (χ3v) is 6.56. The molecule has 1 aliphatic heterocycles. The number of pyridine rings is 1. The molecule has 1 aliphatic rings. The van der Waals surface area contributed by atoms with Crippen molar-refractivity contribution in [1.82, 2.24) is 14.5 Å². The molecule has 10 heteroatoms. The number of ether oxygens (including phenoxy) is 3. The smallest absolute Gasteiger partial charge is 0.465 e. The van der Waals surface area contributed by atoms with E-state index < -0.39 is 24.1 Å². The summed E-state index contributed by atoms with van der Waals surface area (Å²) >= 11 is 3.59.